The van der Waals surface area contributed by atoms with Crippen molar-refractivity contribution in [1.82, 2.24) is 5.32 Å². The van der Waals surface area contributed by atoms with E-state index in [0.717, 1.165) is 77.0 Å². The number of carbonyl (C=O) groups is 1. The van der Waals surface area contributed by atoms with Crippen molar-refractivity contribution in [3.63, 3.8) is 0 Å². The molecule has 3 N–H and O–H groups in total. The van der Waals surface area contributed by atoms with Crippen LogP contribution in [-0.4, -0.2) is 73.4 Å². The summed E-state index contributed by atoms with van der Waals surface area (Å²) >= 11 is 0. The number of allylic oxidation sites excluding steroid dienone is 12. The van der Waals surface area contributed by atoms with Gasteiger partial charge in [0.2, 0.25) is 5.91 Å². The lowest BCUT2D eigenvalue weighted by molar-refractivity contribution is -0.870. The Balaban J connectivity index is 4.06. The molecular formula is C72H136N2O6P+. The van der Waals surface area contributed by atoms with E-state index in [1.54, 1.807) is 0 Å². The molecule has 1 amide bonds. The fourth-order valence-electron chi connectivity index (χ4n) is 10.3. The Morgan fingerprint density at radius 1 is 0.432 bits per heavy atom. The molecule has 474 valence electrons. The van der Waals surface area contributed by atoms with E-state index in [1.807, 2.05) is 21.1 Å². The number of amides is 1. The fourth-order valence-corrected chi connectivity index (χ4v) is 11.1. The summed E-state index contributed by atoms with van der Waals surface area (Å²) in [6.07, 6.45) is 87.1. The summed E-state index contributed by atoms with van der Waals surface area (Å²) in [5.74, 6) is -0.147. The predicted molar refractivity (Wildman–Crippen MR) is 355 cm³/mol. The van der Waals surface area contributed by atoms with Crippen molar-refractivity contribution in [2.75, 3.05) is 40.9 Å². The number of hydrogen-bond acceptors (Lipinski definition) is 5. The normalized spacial score (nSPS) is 14.1. The molecule has 3 unspecified atom stereocenters. The maximum absolute atomic E-state index is 13.1. The van der Waals surface area contributed by atoms with Gasteiger partial charge in [-0.3, -0.25) is 13.8 Å². The first-order chi connectivity index (χ1) is 39.5. The number of phosphoric ester groups is 1. The second kappa shape index (κ2) is 62.5. The van der Waals surface area contributed by atoms with Gasteiger partial charge in [0.05, 0.1) is 39.9 Å². The number of likely N-dealkylation sites (N-methyl/N-ethyl adjacent to an activating group) is 1. The number of quaternary nitrogens is 1. The van der Waals surface area contributed by atoms with Crippen molar-refractivity contribution in [3.05, 3.63) is 72.9 Å². The van der Waals surface area contributed by atoms with E-state index in [0.29, 0.717) is 23.9 Å². The Morgan fingerprint density at radius 2 is 0.741 bits per heavy atom. The van der Waals surface area contributed by atoms with Crippen molar-refractivity contribution in [2.45, 2.75) is 341 Å². The zero-order valence-electron chi connectivity index (χ0n) is 54.3. The molecule has 0 saturated carbocycles. The van der Waals surface area contributed by atoms with Crippen LogP contribution in [0.15, 0.2) is 72.9 Å². The summed E-state index contributed by atoms with van der Waals surface area (Å²) in [4.78, 5) is 23.5. The van der Waals surface area contributed by atoms with Gasteiger partial charge in [0.25, 0.3) is 0 Å². The fraction of sp³-hybridized carbons (Fsp3) is 0.819. The molecule has 0 radical (unpaired) electrons. The first kappa shape index (κ1) is 78.9. The van der Waals surface area contributed by atoms with Crippen molar-refractivity contribution in [2.24, 2.45) is 0 Å². The molecule has 0 heterocycles. The minimum atomic E-state index is -4.34. The third-order valence-electron chi connectivity index (χ3n) is 15.7. The number of rotatable bonds is 64. The van der Waals surface area contributed by atoms with Gasteiger partial charge in [-0.15, -0.1) is 0 Å². The molecule has 0 saturated heterocycles. The third kappa shape index (κ3) is 65.3. The second-order valence-corrected chi connectivity index (χ2v) is 26.3. The highest BCUT2D eigenvalue weighted by Crippen LogP contribution is 2.43. The van der Waals surface area contributed by atoms with Crippen LogP contribution in [0.25, 0.3) is 0 Å². The average molecular weight is 1160 g/mol. The highest BCUT2D eigenvalue weighted by molar-refractivity contribution is 7.47. The molecule has 8 nitrogen and oxygen atoms in total. The monoisotopic (exact) mass is 1160 g/mol. The van der Waals surface area contributed by atoms with Gasteiger partial charge >= 0.3 is 7.82 Å². The van der Waals surface area contributed by atoms with Gasteiger partial charge < -0.3 is 19.8 Å². The molecule has 0 aliphatic rings. The minimum Gasteiger partial charge on any atom is -0.391 e. The van der Waals surface area contributed by atoms with E-state index in [-0.39, 0.29) is 19.1 Å². The lowest BCUT2D eigenvalue weighted by atomic mass is 10.0. The first-order valence-electron chi connectivity index (χ1n) is 34.8. The summed E-state index contributed by atoms with van der Waals surface area (Å²) in [6.45, 7) is 4.81. The van der Waals surface area contributed by atoms with Crippen LogP contribution in [0.3, 0.4) is 0 Å². The molecule has 0 rings (SSSR count). The SMILES string of the molecule is CC/C=C\C/C=C\C/C=C\C/C=C\C/C=C\C/C=C\CCCCCCCCCCCCC(=O)NC(COP(=O)(O)OCC[N+](C)(C)C)C(O)CCCCCCCCCCCCCCCCCCCCCCCCCCCCCCCC. The van der Waals surface area contributed by atoms with Crippen molar-refractivity contribution < 1.29 is 32.9 Å². The van der Waals surface area contributed by atoms with Crippen molar-refractivity contribution in [1.29, 1.82) is 0 Å². The highest BCUT2D eigenvalue weighted by atomic mass is 31.2. The van der Waals surface area contributed by atoms with E-state index >= 15 is 0 Å². The maximum Gasteiger partial charge on any atom is 0.472 e. The molecule has 0 spiro atoms. The lowest BCUT2D eigenvalue weighted by Gasteiger charge is -2.26. The maximum atomic E-state index is 13.1. The van der Waals surface area contributed by atoms with Crippen LogP contribution in [0.4, 0.5) is 0 Å². The summed E-state index contributed by atoms with van der Waals surface area (Å²) in [5, 5.41) is 14.2. The Kier molecular flexibility index (Phi) is 60.9. The Bertz CT molecular complexity index is 1550. The van der Waals surface area contributed by atoms with Crippen LogP contribution in [0.5, 0.6) is 0 Å². The van der Waals surface area contributed by atoms with Gasteiger partial charge in [-0.05, 0) is 64.2 Å². The van der Waals surface area contributed by atoms with E-state index in [4.69, 9.17) is 9.05 Å². The van der Waals surface area contributed by atoms with Gasteiger partial charge in [0.15, 0.2) is 0 Å². The summed E-state index contributed by atoms with van der Waals surface area (Å²) in [7, 11) is 1.62. The number of hydrogen-bond donors (Lipinski definition) is 3. The number of carbonyl (C=O) groups excluding carboxylic acids is 1. The molecular weight excluding hydrogens is 1020 g/mol. The molecule has 9 heteroatoms. The van der Waals surface area contributed by atoms with Crippen LogP contribution in [0.2, 0.25) is 0 Å². The summed E-state index contributed by atoms with van der Waals surface area (Å²) < 4.78 is 23.9. The van der Waals surface area contributed by atoms with Gasteiger partial charge in [-0.25, -0.2) is 4.57 Å². The van der Waals surface area contributed by atoms with Crippen LogP contribution in [-0.2, 0) is 18.4 Å². The van der Waals surface area contributed by atoms with Crippen LogP contribution >= 0.6 is 7.82 Å². The third-order valence-corrected chi connectivity index (χ3v) is 16.7. The number of aliphatic hydroxyl groups excluding tert-OH is 1. The van der Waals surface area contributed by atoms with E-state index < -0.39 is 20.0 Å². The molecule has 0 fully saturated rings. The number of nitrogens with one attached hydrogen (secondary N) is 1. The number of phosphoric acid groups is 1. The van der Waals surface area contributed by atoms with Gasteiger partial charge in [0.1, 0.15) is 13.2 Å². The number of unbranched alkanes of at least 4 members (excludes halogenated alkanes) is 39. The smallest absolute Gasteiger partial charge is 0.391 e. The zero-order valence-corrected chi connectivity index (χ0v) is 55.2. The van der Waals surface area contributed by atoms with Crippen molar-refractivity contribution >= 4 is 13.7 Å². The average Bonchev–Trinajstić information content (AvgIpc) is 3.43. The number of aliphatic hydroxyl groups is 1. The van der Waals surface area contributed by atoms with E-state index in [9.17, 15) is 19.4 Å². The standard InChI is InChI=1S/C72H135N2O6P/c1-6-8-10-12-14-16-18-20-22-24-26-28-30-32-34-36-38-39-41-43-45-47-49-51-53-55-57-59-61-63-65-71(75)70(69-80-81(77,78)79-68-67-74(3,4)5)73-72(76)66-64-62-60-58-56-54-52-50-48-46-44-42-40-37-35-33-31-29-27-25-23-21-19-17-15-13-11-9-7-2/h9,11,15,17,21,23,27,29,33,35,40,42,70-71,75H,6-8,10,12-14,16,18-20,22,24-26,28,30-32,34,36-39,41,43-69H2,1-5H3,(H-,73,76,77,78)/p+1/b11-9-,17-15-,23-21-,29-27-,35-33-,42-40-. The molecule has 3 atom stereocenters. The van der Waals surface area contributed by atoms with Crippen molar-refractivity contribution in [3.8, 4) is 0 Å². The Hall–Kier alpha value is -2.06. The van der Waals surface area contributed by atoms with Crippen LogP contribution < -0.4 is 5.32 Å². The minimum absolute atomic E-state index is 0.0717. The number of nitrogens with zero attached hydrogens (tertiary/aromatic N) is 1. The van der Waals surface area contributed by atoms with Gasteiger partial charge in [-0.1, -0.05) is 331 Å². The molecule has 0 aromatic carbocycles. The molecule has 0 bridgehead atoms. The van der Waals surface area contributed by atoms with E-state index in [1.165, 1.54) is 225 Å². The van der Waals surface area contributed by atoms with E-state index in [2.05, 4.69) is 92.1 Å². The molecule has 0 aliphatic carbocycles. The Morgan fingerprint density at radius 3 is 1.09 bits per heavy atom. The Labute approximate surface area is 504 Å². The predicted octanol–water partition coefficient (Wildman–Crippen LogP) is 22.2. The highest BCUT2D eigenvalue weighted by Gasteiger charge is 2.28. The molecule has 81 heavy (non-hydrogen) atoms. The van der Waals surface area contributed by atoms with Gasteiger partial charge in [-0.2, -0.15) is 0 Å². The second-order valence-electron chi connectivity index (χ2n) is 24.9. The van der Waals surface area contributed by atoms with Gasteiger partial charge in [0, 0.05) is 6.42 Å². The molecule has 0 aromatic rings. The topological polar surface area (TPSA) is 105 Å². The van der Waals surface area contributed by atoms with Crippen LogP contribution in [0, 0.1) is 0 Å². The lowest BCUT2D eigenvalue weighted by Crippen LogP contribution is -2.46. The summed E-state index contributed by atoms with van der Waals surface area (Å²) in [6, 6.07) is -0.769. The molecule has 0 aromatic heterocycles. The molecule has 0 aliphatic heterocycles. The first-order valence-corrected chi connectivity index (χ1v) is 36.3. The summed E-state index contributed by atoms with van der Waals surface area (Å²) in [5.41, 5.74) is 0. The van der Waals surface area contributed by atoms with Crippen LogP contribution in [0.1, 0.15) is 328 Å². The largest absolute Gasteiger partial charge is 0.472 e. The zero-order chi connectivity index (χ0) is 59.1. The quantitative estimate of drug-likeness (QED) is 0.0243.